The number of amides is 1. The molecular formula is C31H31NO5. The summed E-state index contributed by atoms with van der Waals surface area (Å²) in [5, 5.41) is 12.7. The molecular weight excluding hydrogens is 466 g/mol. The Bertz CT molecular complexity index is 1320. The molecule has 0 bridgehead atoms. The number of carbonyl (C=O) groups excluding carboxylic acids is 2. The first-order chi connectivity index (χ1) is 17.7. The topological polar surface area (TPSA) is 84.9 Å². The summed E-state index contributed by atoms with van der Waals surface area (Å²) in [6, 6.07) is 15.4. The summed E-state index contributed by atoms with van der Waals surface area (Å²) in [6.45, 7) is 5.28. The van der Waals surface area contributed by atoms with Crippen LogP contribution in [0.3, 0.4) is 0 Å². The quantitative estimate of drug-likeness (QED) is 0.573. The molecule has 1 amide bonds. The van der Waals surface area contributed by atoms with Crippen molar-refractivity contribution in [3.63, 3.8) is 0 Å². The molecule has 2 atom stereocenters. The zero-order chi connectivity index (χ0) is 26.4. The van der Waals surface area contributed by atoms with E-state index in [1.54, 1.807) is 38.1 Å². The van der Waals surface area contributed by atoms with Gasteiger partial charge in [0.1, 0.15) is 35.5 Å². The highest BCUT2D eigenvalue weighted by Gasteiger charge is 2.30. The van der Waals surface area contributed by atoms with Crippen LogP contribution in [0.1, 0.15) is 44.0 Å². The van der Waals surface area contributed by atoms with Gasteiger partial charge >= 0.3 is 0 Å². The number of allylic oxidation sites excluding steroid dienone is 5. The molecule has 1 unspecified atom stereocenters. The Morgan fingerprint density at radius 1 is 1.11 bits per heavy atom. The van der Waals surface area contributed by atoms with Gasteiger partial charge in [0.05, 0.1) is 0 Å². The van der Waals surface area contributed by atoms with Gasteiger partial charge in [-0.15, -0.1) is 0 Å². The van der Waals surface area contributed by atoms with Gasteiger partial charge in [-0.05, 0) is 74.2 Å². The summed E-state index contributed by atoms with van der Waals surface area (Å²) < 4.78 is 11.9. The molecule has 6 nitrogen and oxygen atoms in total. The molecule has 2 aromatic rings. The third-order valence-corrected chi connectivity index (χ3v) is 6.00. The van der Waals surface area contributed by atoms with Crippen LogP contribution >= 0.6 is 0 Å². The highest BCUT2D eigenvalue weighted by Crippen LogP contribution is 2.30. The first kappa shape index (κ1) is 26.0. The third kappa shape index (κ3) is 7.22. The van der Waals surface area contributed by atoms with Crippen LogP contribution in [-0.4, -0.2) is 35.0 Å². The number of ether oxygens (including phenoxy) is 2. The molecule has 1 saturated heterocycles. The van der Waals surface area contributed by atoms with Crippen LogP contribution in [0.2, 0.25) is 0 Å². The molecule has 2 aliphatic rings. The predicted octanol–water partition coefficient (Wildman–Crippen LogP) is 5.12. The van der Waals surface area contributed by atoms with E-state index in [9.17, 15) is 14.7 Å². The normalized spacial score (nSPS) is 19.7. The summed E-state index contributed by atoms with van der Waals surface area (Å²) in [5.74, 6) is 7.17. The maximum Gasteiger partial charge on any atom is 0.252 e. The predicted molar refractivity (Wildman–Crippen MR) is 142 cm³/mol. The van der Waals surface area contributed by atoms with Crippen LogP contribution in [-0.2, 0) is 9.53 Å². The number of nitrogens with one attached hydrogen (secondary N) is 1. The van der Waals surface area contributed by atoms with Gasteiger partial charge in [-0.3, -0.25) is 9.59 Å². The average Bonchev–Trinajstić information content (AvgIpc) is 3.07. The van der Waals surface area contributed by atoms with E-state index >= 15 is 0 Å². The third-order valence-electron chi connectivity index (χ3n) is 6.00. The fourth-order valence-corrected chi connectivity index (χ4v) is 4.07. The highest BCUT2D eigenvalue weighted by molar-refractivity contribution is 5.98. The minimum Gasteiger partial charge on any atom is -0.491 e. The van der Waals surface area contributed by atoms with Crippen molar-refractivity contribution in [3.05, 3.63) is 95.3 Å². The second-order valence-corrected chi connectivity index (χ2v) is 9.75. The number of fused-ring (bicyclic) bond motifs is 1. The van der Waals surface area contributed by atoms with E-state index in [1.807, 2.05) is 55.5 Å². The lowest BCUT2D eigenvalue weighted by molar-refractivity contribution is -0.123. The zero-order valence-corrected chi connectivity index (χ0v) is 21.3. The van der Waals surface area contributed by atoms with E-state index in [1.165, 1.54) is 0 Å². The fourth-order valence-electron chi connectivity index (χ4n) is 4.07. The number of rotatable bonds is 4. The van der Waals surface area contributed by atoms with E-state index in [0.717, 1.165) is 11.1 Å². The maximum atomic E-state index is 13.1. The standard InChI is InChI=1S/C31H31NO5/c1-21-18-28(33)27(20-36-29-15-13-22(12-14-26(21)29)16-17-31(2,3)35)32-30(34)23-8-7-11-25(19-23)37-24-9-5-4-6-10-24/h4-11,13-15,19,21,27,35H,12,18,20H2,1-3H3,(H,32,34)/t21?,27-/m0/s1. The minimum atomic E-state index is -1.08. The van der Waals surface area contributed by atoms with Crippen LogP contribution in [0.25, 0.3) is 0 Å². The van der Waals surface area contributed by atoms with Crippen molar-refractivity contribution in [2.45, 2.75) is 45.3 Å². The lowest BCUT2D eigenvalue weighted by Gasteiger charge is -2.27. The molecule has 0 radical (unpaired) electrons. The number of ketones is 1. The van der Waals surface area contributed by atoms with Crippen LogP contribution in [0.4, 0.5) is 0 Å². The molecule has 1 fully saturated rings. The Morgan fingerprint density at radius 3 is 2.62 bits per heavy atom. The summed E-state index contributed by atoms with van der Waals surface area (Å²) in [7, 11) is 0. The Labute approximate surface area is 217 Å². The molecule has 2 aromatic carbocycles. The monoisotopic (exact) mass is 497 g/mol. The van der Waals surface area contributed by atoms with Crippen molar-refractivity contribution in [2.75, 3.05) is 6.61 Å². The van der Waals surface area contributed by atoms with E-state index in [4.69, 9.17) is 9.47 Å². The van der Waals surface area contributed by atoms with Gasteiger partial charge in [0, 0.05) is 17.6 Å². The smallest absolute Gasteiger partial charge is 0.252 e. The van der Waals surface area contributed by atoms with Gasteiger partial charge in [-0.1, -0.05) is 49.1 Å². The van der Waals surface area contributed by atoms with E-state index in [-0.39, 0.29) is 30.6 Å². The molecule has 0 saturated carbocycles. The summed E-state index contributed by atoms with van der Waals surface area (Å²) in [4.78, 5) is 26.1. The van der Waals surface area contributed by atoms with Crippen LogP contribution in [0, 0.1) is 17.8 Å². The Hall–Kier alpha value is -4.08. The molecule has 37 heavy (non-hydrogen) atoms. The van der Waals surface area contributed by atoms with Crippen molar-refractivity contribution in [3.8, 4) is 23.3 Å². The Balaban J connectivity index is 1.47. The number of benzene rings is 2. The Morgan fingerprint density at radius 2 is 1.86 bits per heavy atom. The van der Waals surface area contributed by atoms with Gasteiger partial charge < -0.3 is 19.9 Å². The number of hydrogen-bond donors (Lipinski definition) is 2. The number of hydrogen-bond acceptors (Lipinski definition) is 5. The van der Waals surface area contributed by atoms with Crippen molar-refractivity contribution < 1.29 is 24.2 Å². The summed E-state index contributed by atoms with van der Waals surface area (Å²) in [6.07, 6.45) is 6.61. The molecule has 2 N–H and O–H groups in total. The molecule has 0 aromatic heterocycles. The lowest BCUT2D eigenvalue weighted by Crippen LogP contribution is -2.45. The maximum absolute atomic E-state index is 13.1. The van der Waals surface area contributed by atoms with Crippen LogP contribution in [0.5, 0.6) is 11.5 Å². The molecule has 6 heteroatoms. The molecule has 4 rings (SSSR count). The summed E-state index contributed by atoms with van der Waals surface area (Å²) >= 11 is 0. The first-order valence-corrected chi connectivity index (χ1v) is 12.3. The fraction of sp³-hybridized carbons (Fsp3) is 0.290. The molecule has 0 spiro atoms. The van der Waals surface area contributed by atoms with Crippen molar-refractivity contribution in [1.29, 1.82) is 0 Å². The first-order valence-electron chi connectivity index (χ1n) is 12.3. The van der Waals surface area contributed by atoms with E-state index in [2.05, 4.69) is 17.2 Å². The number of carbonyl (C=O) groups is 2. The number of para-hydroxylation sites is 1. The molecule has 1 heterocycles. The van der Waals surface area contributed by atoms with E-state index < -0.39 is 11.6 Å². The van der Waals surface area contributed by atoms with Crippen molar-refractivity contribution >= 4 is 11.7 Å². The molecule has 190 valence electrons. The SMILES string of the molecule is CC1CC(=O)[C@@H](NC(=O)c2cccc(Oc3ccccc3)c2)COC2=CC=C(C#CC(C)(C)O)CC=C21. The van der Waals surface area contributed by atoms with Crippen molar-refractivity contribution in [1.82, 2.24) is 5.32 Å². The minimum absolute atomic E-state index is 0.0270. The second kappa shape index (κ2) is 11.3. The van der Waals surface area contributed by atoms with E-state index in [0.29, 0.717) is 29.2 Å². The zero-order valence-electron chi connectivity index (χ0n) is 21.3. The average molecular weight is 498 g/mol. The lowest BCUT2D eigenvalue weighted by atomic mass is 9.90. The molecule has 1 aliphatic heterocycles. The number of aliphatic hydroxyl groups is 1. The summed E-state index contributed by atoms with van der Waals surface area (Å²) in [5.41, 5.74) is 1.10. The highest BCUT2D eigenvalue weighted by atomic mass is 16.5. The van der Waals surface area contributed by atoms with Gasteiger partial charge in [-0.2, -0.15) is 0 Å². The van der Waals surface area contributed by atoms with Gasteiger partial charge in [0.15, 0.2) is 5.78 Å². The van der Waals surface area contributed by atoms with Gasteiger partial charge in [0.25, 0.3) is 5.91 Å². The van der Waals surface area contributed by atoms with Crippen molar-refractivity contribution in [2.24, 2.45) is 5.92 Å². The largest absolute Gasteiger partial charge is 0.491 e. The Kier molecular flexibility index (Phi) is 7.95. The number of Topliss-reactive ketones (excluding diaryl/α,β-unsaturated/α-hetero) is 1. The molecule has 1 aliphatic carbocycles. The van der Waals surface area contributed by atoms with Gasteiger partial charge in [0.2, 0.25) is 0 Å². The van der Waals surface area contributed by atoms with Crippen LogP contribution in [0.15, 0.2) is 89.7 Å². The van der Waals surface area contributed by atoms with Crippen LogP contribution < -0.4 is 10.1 Å². The second-order valence-electron chi connectivity index (χ2n) is 9.75. The van der Waals surface area contributed by atoms with Gasteiger partial charge in [-0.25, -0.2) is 0 Å².